The van der Waals surface area contributed by atoms with Crippen molar-refractivity contribution in [2.45, 2.75) is 0 Å². The molecule has 0 aliphatic heterocycles. The second-order valence-corrected chi connectivity index (χ2v) is 0.447. The minimum atomic E-state index is -1.75. The first-order valence-electron chi connectivity index (χ1n) is 1.10. The molecule has 18 N–H and O–H groups in total. The first kappa shape index (κ1) is 101. The summed E-state index contributed by atoms with van der Waals surface area (Å²) in [7, 11) is 0. The quantitative estimate of drug-likeness (QED) is 0.201. The Morgan fingerprint density at radius 1 is 0.533 bits per heavy atom. The standard InChI is InChI=1S/2NO3.6H3N.Ni/c2*2-1(3)4;;;;;;;/h;;6*1H3;/q2*-1;;;;;;;+2. The van der Waals surface area contributed by atoms with Crippen LogP contribution in [0.5, 0.6) is 0 Å². The van der Waals surface area contributed by atoms with Crippen molar-refractivity contribution in [3.8, 4) is 0 Å². The SMILES string of the molecule is N.N.N.N.N.N.O=[N+]([O-])[O-].O=[N+]([O-])[O-].[Ni+2]. The Bertz CT molecular complexity index is 77.1. The van der Waals surface area contributed by atoms with Gasteiger partial charge in [-0.1, -0.05) is 0 Å². The average molecular weight is 285 g/mol. The maximum atomic E-state index is 8.25. The van der Waals surface area contributed by atoms with Crippen molar-refractivity contribution < 1.29 is 26.7 Å². The zero-order valence-corrected chi connectivity index (χ0v) is 8.89. The summed E-state index contributed by atoms with van der Waals surface area (Å²) in [6.45, 7) is 0. The maximum absolute atomic E-state index is 8.25. The molecule has 0 aromatic heterocycles. The molecule has 0 saturated heterocycles. The van der Waals surface area contributed by atoms with E-state index in [9.17, 15) is 0 Å². The van der Waals surface area contributed by atoms with Gasteiger partial charge in [-0.05, 0) is 0 Å². The molecule has 0 aliphatic rings. The monoisotopic (exact) mass is 284 g/mol. The van der Waals surface area contributed by atoms with Crippen LogP contribution in [0.25, 0.3) is 0 Å². The van der Waals surface area contributed by atoms with Crippen LogP contribution in [0.4, 0.5) is 0 Å². The van der Waals surface area contributed by atoms with Crippen LogP contribution in [-0.4, -0.2) is 10.2 Å². The van der Waals surface area contributed by atoms with E-state index >= 15 is 0 Å². The molecule has 0 unspecified atom stereocenters. The molecule has 0 aromatic rings. The number of hydrogen-bond acceptors (Lipinski definition) is 12. The number of hydrogen-bond donors (Lipinski definition) is 6. The minimum Gasteiger partial charge on any atom is -0.356 e. The molecule has 0 spiro atoms. The predicted molar refractivity (Wildman–Crippen MR) is 50.9 cm³/mol. The van der Waals surface area contributed by atoms with Gasteiger partial charge in [-0.2, -0.15) is 0 Å². The maximum Gasteiger partial charge on any atom is 2.00 e. The fraction of sp³-hybridized carbons (Fsp3) is 0. The van der Waals surface area contributed by atoms with Crippen molar-refractivity contribution in [1.82, 2.24) is 36.9 Å². The zero-order valence-electron chi connectivity index (χ0n) is 7.90. The summed E-state index contributed by atoms with van der Waals surface area (Å²) in [6, 6.07) is 0. The second-order valence-electron chi connectivity index (χ2n) is 0.447. The summed E-state index contributed by atoms with van der Waals surface area (Å²) in [5.74, 6) is 0. The Hall–Kier alpha value is -1.35. The Morgan fingerprint density at radius 3 is 0.533 bits per heavy atom. The fourth-order valence-electron chi connectivity index (χ4n) is 0. The van der Waals surface area contributed by atoms with Crippen molar-refractivity contribution in [2.75, 3.05) is 0 Å². The van der Waals surface area contributed by atoms with Gasteiger partial charge in [0.05, 0.1) is 10.2 Å². The third kappa shape index (κ3) is 792. The number of nitrogens with zero attached hydrogens (tertiary/aromatic N) is 2. The molecule has 0 radical (unpaired) electrons. The molecule has 0 atom stereocenters. The Morgan fingerprint density at radius 2 is 0.533 bits per heavy atom. The van der Waals surface area contributed by atoms with Crippen molar-refractivity contribution >= 4 is 0 Å². The fourth-order valence-corrected chi connectivity index (χ4v) is 0. The molecule has 0 bridgehead atoms. The second kappa shape index (κ2) is 79.4. The van der Waals surface area contributed by atoms with E-state index in [4.69, 9.17) is 30.6 Å². The molecular weight excluding hydrogens is 267 g/mol. The molecule has 14 nitrogen and oxygen atoms in total. The van der Waals surface area contributed by atoms with E-state index in [-0.39, 0.29) is 53.4 Å². The number of rotatable bonds is 0. The van der Waals surface area contributed by atoms with Gasteiger partial charge in [-0.3, -0.25) is 0 Å². The molecule has 0 fully saturated rings. The van der Waals surface area contributed by atoms with Crippen LogP contribution in [-0.2, 0) is 16.5 Å². The smallest absolute Gasteiger partial charge is 0.356 e. The third-order valence-electron chi connectivity index (χ3n) is 0. The summed E-state index contributed by atoms with van der Waals surface area (Å²) < 4.78 is 0. The minimum absolute atomic E-state index is 0. The molecule has 0 heterocycles. The van der Waals surface area contributed by atoms with E-state index < -0.39 is 10.2 Å². The van der Waals surface area contributed by atoms with E-state index in [1.54, 1.807) is 0 Å². The van der Waals surface area contributed by atoms with Crippen LogP contribution in [0, 0.1) is 30.6 Å². The molecular formula is H18N8NiO6. The van der Waals surface area contributed by atoms with Crippen LogP contribution in [0.1, 0.15) is 0 Å². The van der Waals surface area contributed by atoms with Gasteiger partial charge in [0.15, 0.2) is 0 Å². The summed E-state index contributed by atoms with van der Waals surface area (Å²) >= 11 is 0. The van der Waals surface area contributed by atoms with Gasteiger partial charge >= 0.3 is 16.5 Å². The Labute approximate surface area is 95.0 Å². The molecule has 0 aliphatic carbocycles. The summed E-state index contributed by atoms with van der Waals surface area (Å²) in [6.07, 6.45) is 0. The van der Waals surface area contributed by atoms with E-state index in [0.29, 0.717) is 0 Å². The van der Waals surface area contributed by atoms with Gasteiger partial charge in [0.2, 0.25) is 0 Å². The van der Waals surface area contributed by atoms with Crippen LogP contribution < -0.4 is 36.9 Å². The van der Waals surface area contributed by atoms with E-state index in [0.717, 1.165) is 0 Å². The molecule has 15 heavy (non-hydrogen) atoms. The van der Waals surface area contributed by atoms with Gasteiger partial charge < -0.3 is 67.5 Å². The topological polar surface area (TPSA) is 342 Å². The van der Waals surface area contributed by atoms with E-state index in [2.05, 4.69) is 0 Å². The van der Waals surface area contributed by atoms with Crippen molar-refractivity contribution in [3.63, 3.8) is 0 Å². The molecule has 0 saturated carbocycles. The first-order valence-corrected chi connectivity index (χ1v) is 1.10. The predicted octanol–water partition coefficient (Wildman–Crippen LogP) is 0.491. The summed E-state index contributed by atoms with van der Waals surface area (Å²) in [5.41, 5.74) is 0. The van der Waals surface area contributed by atoms with Crippen LogP contribution >= 0.6 is 0 Å². The van der Waals surface area contributed by atoms with E-state index in [1.807, 2.05) is 0 Å². The van der Waals surface area contributed by atoms with Gasteiger partial charge in [-0.15, -0.1) is 0 Å². The normalized spacial score (nSPS) is 3.20. The van der Waals surface area contributed by atoms with Crippen molar-refractivity contribution in [3.05, 3.63) is 30.6 Å². The van der Waals surface area contributed by atoms with Crippen LogP contribution in [0.15, 0.2) is 0 Å². The molecule has 15 heteroatoms. The molecule has 0 amide bonds. The van der Waals surface area contributed by atoms with E-state index in [1.165, 1.54) is 0 Å². The summed E-state index contributed by atoms with van der Waals surface area (Å²) in [5, 5.41) is 29.5. The van der Waals surface area contributed by atoms with Gasteiger partial charge in [0.25, 0.3) is 0 Å². The van der Waals surface area contributed by atoms with Crippen LogP contribution in [0.3, 0.4) is 0 Å². The molecule has 0 aromatic carbocycles. The summed E-state index contributed by atoms with van der Waals surface area (Å²) in [4.78, 5) is 16.5. The Kier molecular flexibility index (Phi) is 534. The zero-order chi connectivity index (χ0) is 7.15. The molecule has 0 rings (SSSR count). The largest absolute Gasteiger partial charge is 2.00 e. The first-order chi connectivity index (χ1) is 3.46. The Balaban J connectivity index is -0.00000000468. The van der Waals surface area contributed by atoms with Crippen molar-refractivity contribution in [1.29, 1.82) is 0 Å². The van der Waals surface area contributed by atoms with Gasteiger partial charge in [0, 0.05) is 0 Å². The third-order valence-corrected chi connectivity index (χ3v) is 0. The average Bonchev–Trinajstić information content (AvgIpc) is 1.25. The van der Waals surface area contributed by atoms with Crippen LogP contribution in [0.2, 0.25) is 0 Å². The molecule has 104 valence electrons. The van der Waals surface area contributed by atoms with Gasteiger partial charge in [-0.25, -0.2) is 0 Å². The van der Waals surface area contributed by atoms with Gasteiger partial charge in [0.1, 0.15) is 0 Å². The van der Waals surface area contributed by atoms with Crippen molar-refractivity contribution in [2.24, 2.45) is 0 Å².